The molecule has 2 saturated carbocycles. The first-order valence-corrected chi connectivity index (χ1v) is 10.6. The molecule has 2 aliphatic rings. The fourth-order valence-electron chi connectivity index (χ4n) is 4.67. The molecule has 11 heteroatoms. The van der Waals surface area contributed by atoms with Crippen molar-refractivity contribution >= 4 is 11.9 Å². The van der Waals surface area contributed by atoms with Gasteiger partial charge < -0.3 is 14.6 Å². The number of esters is 2. The van der Waals surface area contributed by atoms with E-state index in [-0.39, 0.29) is 23.5 Å². The van der Waals surface area contributed by atoms with Crippen LogP contribution in [0.2, 0.25) is 0 Å². The zero-order valence-electron chi connectivity index (χ0n) is 17.7. The maximum absolute atomic E-state index is 12.7. The number of aliphatic hydroxyl groups is 1. The average Bonchev–Trinajstić information content (AvgIpc) is 2.68. The summed E-state index contributed by atoms with van der Waals surface area (Å²) in [6.45, 7) is 4.41. The first kappa shape index (κ1) is 26.5. The number of fused-ring (bicyclic) bond motifs is 1. The molecule has 2 aliphatic carbocycles. The lowest BCUT2D eigenvalue weighted by molar-refractivity contribution is -0.370. The summed E-state index contributed by atoms with van der Waals surface area (Å²) in [5, 5.41) is 9.15. The van der Waals surface area contributed by atoms with E-state index in [1.54, 1.807) is 0 Å². The van der Waals surface area contributed by atoms with Crippen LogP contribution in [-0.2, 0) is 19.1 Å². The molecule has 0 aromatic rings. The standard InChI is InChI=1S/C21H28F6O5/c1-12(2)17(28)32-16-9-4-6-13-14(16)7-3-8-15(13)18(29)31-11-5-10-19(30,20(22,23)24)21(25,26)27/h13-16,30H,1,3-11H2,2H3. The molecule has 5 nitrogen and oxygen atoms in total. The number of carbonyl (C=O) groups excluding carboxylic acids is 2. The lowest BCUT2D eigenvalue weighted by atomic mass is 9.64. The highest BCUT2D eigenvalue weighted by Gasteiger charge is 2.69. The number of ether oxygens (including phenoxy) is 2. The van der Waals surface area contributed by atoms with E-state index in [0.717, 1.165) is 6.42 Å². The van der Waals surface area contributed by atoms with Crippen LogP contribution < -0.4 is 0 Å². The van der Waals surface area contributed by atoms with Crippen LogP contribution in [0.1, 0.15) is 58.3 Å². The molecule has 0 heterocycles. The topological polar surface area (TPSA) is 72.8 Å². The fourth-order valence-corrected chi connectivity index (χ4v) is 4.67. The Morgan fingerprint density at radius 3 is 2.09 bits per heavy atom. The quantitative estimate of drug-likeness (QED) is 0.247. The maximum atomic E-state index is 12.7. The van der Waals surface area contributed by atoms with Crippen LogP contribution in [0.15, 0.2) is 12.2 Å². The minimum absolute atomic E-state index is 0.0705. The third kappa shape index (κ3) is 5.77. The molecule has 0 aromatic carbocycles. The predicted octanol–water partition coefficient (Wildman–Crippen LogP) is 4.87. The molecular formula is C21H28F6O5. The van der Waals surface area contributed by atoms with Crippen LogP contribution in [0.4, 0.5) is 26.3 Å². The van der Waals surface area contributed by atoms with Crippen molar-refractivity contribution in [3.05, 3.63) is 12.2 Å². The number of hydrogen-bond donors (Lipinski definition) is 1. The summed E-state index contributed by atoms with van der Waals surface area (Å²) >= 11 is 0. The van der Waals surface area contributed by atoms with Crippen molar-refractivity contribution in [2.75, 3.05) is 6.61 Å². The summed E-state index contributed by atoms with van der Waals surface area (Å²) in [5.74, 6) is -1.98. The largest absolute Gasteiger partial charge is 0.465 e. The van der Waals surface area contributed by atoms with Crippen LogP contribution >= 0.6 is 0 Å². The molecule has 4 unspecified atom stereocenters. The summed E-state index contributed by atoms with van der Waals surface area (Å²) in [4.78, 5) is 24.5. The van der Waals surface area contributed by atoms with Crippen molar-refractivity contribution in [1.82, 2.24) is 0 Å². The van der Waals surface area contributed by atoms with Gasteiger partial charge in [-0.15, -0.1) is 0 Å². The Bertz CT molecular complexity index is 688. The predicted molar refractivity (Wildman–Crippen MR) is 100 cm³/mol. The van der Waals surface area contributed by atoms with E-state index in [9.17, 15) is 35.9 Å². The van der Waals surface area contributed by atoms with E-state index >= 15 is 0 Å². The molecule has 184 valence electrons. The van der Waals surface area contributed by atoms with Crippen LogP contribution in [0.25, 0.3) is 0 Å². The van der Waals surface area contributed by atoms with Crippen LogP contribution in [0, 0.1) is 17.8 Å². The van der Waals surface area contributed by atoms with Gasteiger partial charge in [0.25, 0.3) is 5.60 Å². The Morgan fingerprint density at radius 2 is 1.53 bits per heavy atom. The highest BCUT2D eigenvalue weighted by molar-refractivity contribution is 5.87. The fraction of sp³-hybridized carbons (Fsp3) is 0.810. The van der Waals surface area contributed by atoms with Crippen LogP contribution in [0.5, 0.6) is 0 Å². The van der Waals surface area contributed by atoms with E-state index in [4.69, 9.17) is 14.6 Å². The van der Waals surface area contributed by atoms with Gasteiger partial charge in [0.2, 0.25) is 0 Å². The minimum Gasteiger partial charge on any atom is -0.465 e. The van der Waals surface area contributed by atoms with Gasteiger partial charge in [-0.2, -0.15) is 26.3 Å². The Kier molecular flexibility index (Phi) is 8.28. The van der Waals surface area contributed by atoms with Crippen molar-refractivity contribution in [2.24, 2.45) is 17.8 Å². The zero-order chi connectivity index (χ0) is 24.3. The third-order valence-corrected chi connectivity index (χ3v) is 6.40. The molecule has 2 fully saturated rings. The van der Waals surface area contributed by atoms with E-state index in [1.165, 1.54) is 6.92 Å². The number of hydrogen-bond acceptors (Lipinski definition) is 5. The SMILES string of the molecule is C=C(C)C(=O)OC1CCCC2C(C(=O)OCCCC(O)(C(F)(F)F)C(F)(F)F)CCCC12. The zero-order valence-corrected chi connectivity index (χ0v) is 17.7. The number of carbonyl (C=O) groups is 2. The van der Waals surface area contributed by atoms with Crippen molar-refractivity contribution in [2.45, 2.75) is 82.3 Å². The van der Waals surface area contributed by atoms with Gasteiger partial charge in [-0.05, 0) is 63.7 Å². The molecule has 32 heavy (non-hydrogen) atoms. The first-order chi connectivity index (χ1) is 14.7. The number of alkyl halides is 6. The van der Waals surface area contributed by atoms with E-state index < -0.39 is 55.3 Å². The first-order valence-electron chi connectivity index (χ1n) is 10.6. The molecule has 1 N–H and O–H groups in total. The van der Waals surface area contributed by atoms with Gasteiger partial charge >= 0.3 is 24.3 Å². The van der Waals surface area contributed by atoms with Gasteiger partial charge in [0.15, 0.2) is 0 Å². The Morgan fingerprint density at radius 1 is 0.969 bits per heavy atom. The summed E-state index contributed by atoms with van der Waals surface area (Å²) in [6, 6.07) is 0. The molecule has 0 spiro atoms. The second-order valence-corrected chi connectivity index (χ2v) is 8.65. The molecular weight excluding hydrogens is 446 g/mol. The van der Waals surface area contributed by atoms with Crippen molar-refractivity contribution in [1.29, 1.82) is 0 Å². The summed E-state index contributed by atoms with van der Waals surface area (Å²) in [6.07, 6.45) is -10.7. The molecule has 0 saturated heterocycles. The van der Waals surface area contributed by atoms with E-state index in [0.29, 0.717) is 32.1 Å². The Hall–Kier alpha value is -1.78. The molecule has 0 aromatic heterocycles. The van der Waals surface area contributed by atoms with Crippen molar-refractivity contribution in [3.63, 3.8) is 0 Å². The molecule has 0 amide bonds. The van der Waals surface area contributed by atoms with E-state index in [2.05, 4.69) is 6.58 Å². The second kappa shape index (κ2) is 10.0. The third-order valence-electron chi connectivity index (χ3n) is 6.40. The normalized spacial score (nSPS) is 26.8. The molecule has 0 aliphatic heterocycles. The molecule has 0 bridgehead atoms. The lowest BCUT2D eigenvalue weighted by Gasteiger charge is -2.44. The highest BCUT2D eigenvalue weighted by Crippen LogP contribution is 2.47. The molecule has 2 rings (SSSR count). The van der Waals surface area contributed by atoms with Crippen molar-refractivity contribution in [3.8, 4) is 0 Å². The minimum atomic E-state index is -5.90. The lowest BCUT2D eigenvalue weighted by Crippen LogP contribution is -2.56. The average molecular weight is 474 g/mol. The Balaban J connectivity index is 1.94. The number of halogens is 6. The summed E-state index contributed by atoms with van der Waals surface area (Å²) in [5.41, 5.74) is -4.59. The van der Waals surface area contributed by atoms with Gasteiger partial charge in [0.1, 0.15) is 6.10 Å². The molecule has 0 radical (unpaired) electrons. The monoisotopic (exact) mass is 474 g/mol. The smallest absolute Gasteiger partial charge is 0.426 e. The highest BCUT2D eigenvalue weighted by atomic mass is 19.4. The van der Waals surface area contributed by atoms with Crippen LogP contribution in [-0.4, -0.2) is 47.7 Å². The second-order valence-electron chi connectivity index (χ2n) is 8.65. The van der Waals surface area contributed by atoms with Gasteiger partial charge in [-0.1, -0.05) is 13.0 Å². The summed E-state index contributed by atoms with van der Waals surface area (Å²) < 4.78 is 86.8. The summed E-state index contributed by atoms with van der Waals surface area (Å²) in [7, 11) is 0. The Labute approximate surface area is 182 Å². The van der Waals surface area contributed by atoms with Gasteiger partial charge in [-0.3, -0.25) is 4.79 Å². The van der Waals surface area contributed by atoms with Gasteiger partial charge in [0, 0.05) is 5.57 Å². The number of rotatable bonds is 7. The maximum Gasteiger partial charge on any atom is 0.426 e. The van der Waals surface area contributed by atoms with E-state index in [1.807, 2.05) is 0 Å². The van der Waals surface area contributed by atoms with Crippen molar-refractivity contribution < 1.29 is 50.5 Å². The van der Waals surface area contributed by atoms with Gasteiger partial charge in [0.05, 0.1) is 12.5 Å². The van der Waals surface area contributed by atoms with Crippen LogP contribution in [0.3, 0.4) is 0 Å². The van der Waals surface area contributed by atoms with Gasteiger partial charge in [-0.25, -0.2) is 4.79 Å². The molecule has 4 atom stereocenters.